The Morgan fingerprint density at radius 1 is 1.08 bits per heavy atom. The quantitative estimate of drug-likeness (QED) is 0.841. The zero-order valence-corrected chi connectivity index (χ0v) is 14.3. The standard InChI is InChI=1S/C20H20FNO4/c21-16-2-4-17(5-3-16)24-12-14-7-9-22(10-8-14)20(23)15-1-6-18-19(11-15)26-13-25-18/h1-6,11,14H,7-10,12-13H2. The minimum atomic E-state index is -0.271. The molecule has 1 fully saturated rings. The Balaban J connectivity index is 1.29. The lowest BCUT2D eigenvalue weighted by atomic mass is 9.97. The molecule has 5 nitrogen and oxygen atoms in total. The summed E-state index contributed by atoms with van der Waals surface area (Å²) in [5.74, 6) is 2.11. The minimum absolute atomic E-state index is 0.0150. The molecule has 2 aliphatic rings. The third kappa shape index (κ3) is 3.59. The fourth-order valence-electron chi connectivity index (χ4n) is 3.26. The monoisotopic (exact) mass is 357 g/mol. The third-order valence-electron chi connectivity index (χ3n) is 4.82. The van der Waals surface area contributed by atoms with Crippen molar-refractivity contribution in [3.05, 3.63) is 53.8 Å². The van der Waals surface area contributed by atoms with Crippen molar-refractivity contribution in [1.82, 2.24) is 4.90 Å². The molecule has 1 amide bonds. The van der Waals surface area contributed by atoms with Crippen molar-refractivity contribution >= 4 is 5.91 Å². The Morgan fingerprint density at radius 2 is 1.81 bits per heavy atom. The molecule has 6 heteroatoms. The molecule has 2 aliphatic heterocycles. The average Bonchev–Trinajstić information content (AvgIpc) is 3.15. The molecule has 136 valence electrons. The largest absolute Gasteiger partial charge is 0.493 e. The van der Waals surface area contributed by atoms with Crippen LogP contribution in [0.1, 0.15) is 23.2 Å². The van der Waals surface area contributed by atoms with E-state index < -0.39 is 0 Å². The van der Waals surface area contributed by atoms with Crippen LogP contribution in [0.5, 0.6) is 17.2 Å². The molecular weight excluding hydrogens is 337 g/mol. The number of rotatable bonds is 4. The van der Waals surface area contributed by atoms with Gasteiger partial charge in [-0.2, -0.15) is 0 Å². The van der Waals surface area contributed by atoms with Crippen LogP contribution in [0.4, 0.5) is 4.39 Å². The van der Waals surface area contributed by atoms with Crippen LogP contribution < -0.4 is 14.2 Å². The van der Waals surface area contributed by atoms with E-state index in [1.54, 1.807) is 30.3 Å². The van der Waals surface area contributed by atoms with E-state index in [0.717, 1.165) is 12.8 Å². The molecule has 0 spiro atoms. The smallest absolute Gasteiger partial charge is 0.253 e. The first-order valence-electron chi connectivity index (χ1n) is 8.76. The van der Waals surface area contributed by atoms with Crippen molar-refractivity contribution in [2.45, 2.75) is 12.8 Å². The molecule has 26 heavy (non-hydrogen) atoms. The number of benzene rings is 2. The number of carbonyl (C=O) groups excluding carboxylic acids is 1. The zero-order valence-electron chi connectivity index (χ0n) is 14.3. The number of piperidine rings is 1. The summed E-state index contributed by atoms with van der Waals surface area (Å²) >= 11 is 0. The van der Waals surface area contributed by atoms with Crippen LogP contribution in [0.2, 0.25) is 0 Å². The fraction of sp³-hybridized carbons (Fsp3) is 0.350. The van der Waals surface area contributed by atoms with Gasteiger partial charge in [0, 0.05) is 18.7 Å². The van der Waals surface area contributed by atoms with Crippen LogP contribution in [0.15, 0.2) is 42.5 Å². The minimum Gasteiger partial charge on any atom is -0.493 e. The lowest BCUT2D eigenvalue weighted by Gasteiger charge is -2.32. The number of ether oxygens (including phenoxy) is 3. The van der Waals surface area contributed by atoms with Crippen LogP contribution in [0.25, 0.3) is 0 Å². The molecule has 0 bridgehead atoms. The van der Waals surface area contributed by atoms with E-state index in [1.807, 2.05) is 4.90 Å². The molecule has 0 unspecified atom stereocenters. The van der Waals surface area contributed by atoms with Gasteiger partial charge in [-0.05, 0) is 61.2 Å². The van der Waals surface area contributed by atoms with Crippen LogP contribution >= 0.6 is 0 Å². The highest BCUT2D eigenvalue weighted by atomic mass is 19.1. The van der Waals surface area contributed by atoms with Crippen molar-refractivity contribution in [3.8, 4) is 17.2 Å². The van der Waals surface area contributed by atoms with Gasteiger partial charge in [-0.15, -0.1) is 0 Å². The van der Waals surface area contributed by atoms with Gasteiger partial charge in [0.1, 0.15) is 11.6 Å². The van der Waals surface area contributed by atoms with E-state index in [9.17, 15) is 9.18 Å². The summed E-state index contributed by atoms with van der Waals surface area (Å²) in [4.78, 5) is 14.5. The van der Waals surface area contributed by atoms with Gasteiger partial charge in [0.05, 0.1) is 6.61 Å². The van der Waals surface area contributed by atoms with Crippen LogP contribution in [-0.2, 0) is 0 Å². The molecule has 0 aromatic heterocycles. The van der Waals surface area contributed by atoms with Gasteiger partial charge < -0.3 is 19.1 Å². The van der Waals surface area contributed by atoms with Gasteiger partial charge in [-0.1, -0.05) is 0 Å². The average molecular weight is 357 g/mol. The van der Waals surface area contributed by atoms with Gasteiger partial charge in [0.25, 0.3) is 5.91 Å². The maximum absolute atomic E-state index is 12.9. The number of hydrogen-bond acceptors (Lipinski definition) is 4. The van der Waals surface area contributed by atoms with Gasteiger partial charge >= 0.3 is 0 Å². The van der Waals surface area contributed by atoms with Crippen molar-refractivity contribution in [2.24, 2.45) is 5.92 Å². The summed E-state index contributed by atoms with van der Waals surface area (Å²) in [5.41, 5.74) is 0.621. The predicted octanol–water partition coefficient (Wildman–Crippen LogP) is 3.49. The second-order valence-corrected chi connectivity index (χ2v) is 6.57. The SMILES string of the molecule is O=C(c1ccc2c(c1)OCO2)N1CCC(COc2ccc(F)cc2)CC1. The number of hydrogen-bond donors (Lipinski definition) is 0. The molecule has 2 heterocycles. The maximum Gasteiger partial charge on any atom is 0.253 e. The molecule has 0 radical (unpaired) electrons. The third-order valence-corrected chi connectivity index (χ3v) is 4.82. The van der Waals surface area contributed by atoms with Crippen molar-refractivity contribution in [2.75, 3.05) is 26.5 Å². The van der Waals surface area contributed by atoms with Crippen molar-refractivity contribution in [3.63, 3.8) is 0 Å². The summed E-state index contributed by atoms with van der Waals surface area (Å²) < 4.78 is 29.3. The van der Waals surface area contributed by atoms with E-state index in [0.29, 0.717) is 48.4 Å². The number of amides is 1. The molecule has 0 atom stereocenters. The van der Waals surface area contributed by atoms with Crippen LogP contribution in [0, 0.1) is 11.7 Å². The Hall–Kier alpha value is -2.76. The number of carbonyl (C=O) groups is 1. The first kappa shape index (κ1) is 16.7. The molecule has 2 aromatic rings. The lowest BCUT2D eigenvalue weighted by molar-refractivity contribution is 0.0660. The van der Waals surface area contributed by atoms with Gasteiger partial charge in [-0.3, -0.25) is 4.79 Å². The number of halogens is 1. The Morgan fingerprint density at radius 3 is 2.58 bits per heavy atom. The first-order valence-corrected chi connectivity index (χ1v) is 8.76. The molecule has 1 saturated heterocycles. The van der Waals surface area contributed by atoms with Gasteiger partial charge in [-0.25, -0.2) is 4.39 Å². The number of likely N-dealkylation sites (tertiary alicyclic amines) is 1. The highest BCUT2D eigenvalue weighted by Crippen LogP contribution is 2.33. The van der Waals surface area contributed by atoms with Crippen LogP contribution in [-0.4, -0.2) is 37.3 Å². The number of nitrogens with zero attached hydrogens (tertiary/aromatic N) is 1. The molecule has 0 saturated carbocycles. The normalized spacial score (nSPS) is 16.6. The number of fused-ring (bicyclic) bond motifs is 1. The summed E-state index contributed by atoms with van der Waals surface area (Å²) in [6.45, 7) is 2.18. The van der Waals surface area contributed by atoms with Crippen LogP contribution in [0.3, 0.4) is 0 Å². The molecule has 2 aromatic carbocycles. The summed E-state index contributed by atoms with van der Waals surface area (Å²) in [6.07, 6.45) is 1.77. The fourth-order valence-corrected chi connectivity index (χ4v) is 3.26. The van der Waals surface area contributed by atoms with E-state index >= 15 is 0 Å². The van der Waals surface area contributed by atoms with Gasteiger partial charge in [0.2, 0.25) is 6.79 Å². The van der Waals surface area contributed by atoms with E-state index in [1.165, 1.54) is 12.1 Å². The maximum atomic E-state index is 12.9. The topological polar surface area (TPSA) is 48.0 Å². The Bertz CT molecular complexity index is 785. The summed E-state index contributed by atoms with van der Waals surface area (Å²) in [6, 6.07) is 11.3. The van der Waals surface area contributed by atoms with E-state index in [-0.39, 0.29) is 18.5 Å². The molecular formula is C20H20FNO4. The second-order valence-electron chi connectivity index (χ2n) is 6.57. The highest BCUT2D eigenvalue weighted by molar-refractivity contribution is 5.95. The van der Waals surface area contributed by atoms with Crippen molar-refractivity contribution in [1.29, 1.82) is 0 Å². The zero-order chi connectivity index (χ0) is 17.9. The Kier molecular flexibility index (Phi) is 4.65. The Labute approximate surface area is 151 Å². The predicted molar refractivity (Wildman–Crippen MR) is 93.1 cm³/mol. The van der Waals surface area contributed by atoms with Crippen molar-refractivity contribution < 1.29 is 23.4 Å². The van der Waals surface area contributed by atoms with E-state index in [4.69, 9.17) is 14.2 Å². The first-order chi connectivity index (χ1) is 12.7. The lowest BCUT2D eigenvalue weighted by Crippen LogP contribution is -2.39. The molecule has 0 N–H and O–H groups in total. The molecule has 0 aliphatic carbocycles. The van der Waals surface area contributed by atoms with E-state index in [2.05, 4.69) is 0 Å². The second kappa shape index (κ2) is 7.23. The highest BCUT2D eigenvalue weighted by Gasteiger charge is 2.25. The summed E-state index contributed by atoms with van der Waals surface area (Å²) in [7, 11) is 0. The molecule has 4 rings (SSSR count). The summed E-state index contributed by atoms with van der Waals surface area (Å²) in [5, 5.41) is 0. The van der Waals surface area contributed by atoms with Gasteiger partial charge in [0.15, 0.2) is 11.5 Å².